The van der Waals surface area contributed by atoms with E-state index in [2.05, 4.69) is 21.0 Å². The Hall–Kier alpha value is -3.42. The quantitative estimate of drug-likeness (QED) is 0.436. The molecular weight excluding hydrogens is 476 g/mol. The molecule has 1 aliphatic heterocycles. The number of pyridine rings is 1. The van der Waals surface area contributed by atoms with Gasteiger partial charge in [0.25, 0.3) is 10.0 Å². The third-order valence-electron chi connectivity index (χ3n) is 7.31. The molecule has 1 aliphatic rings. The topological polar surface area (TPSA) is 117 Å². The van der Waals surface area contributed by atoms with Gasteiger partial charge in [-0.05, 0) is 64.7 Å². The van der Waals surface area contributed by atoms with Crippen LogP contribution in [0.1, 0.15) is 51.1 Å². The Kier molecular flexibility index (Phi) is 5.80. The molecule has 4 heterocycles. The fourth-order valence-corrected chi connectivity index (χ4v) is 6.38. The smallest absolute Gasteiger partial charge is 0.269 e. The molecule has 0 aliphatic carbocycles. The van der Waals surface area contributed by atoms with Crippen LogP contribution in [0.25, 0.3) is 22.1 Å². The maximum atomic E-state index is 13.4. The van der Waals surface area contributed by atoms with E-state index in [1.54, 1.807) is 43.5 Å². The Balaban J connectivity index is 1.63. The van der Waals surface area contributed by atoms with Crippen molar-refractivity contribution in [3.63, 3.8) is 0 Å². The van der Waals surface area contributed by atoms with Gasteiger partial charge in [0.1, 0.15) is 17.1 Å². The molecule has 1 unspecified atom stereocenters. The number of aliphatic hydroxyl groups is 1. The summed E-state index contributed by atoms with van der Waals surface area (Å²) in [5.41, 5.74) is 2.18. The summed E-state index contributed by atoms with van der Waals surface area (Å²) in [5.74, 6) is 0.748. The van der Waals surface area contributed by atoms with E-state index in [1.165, 1.54) is 10.2 Å². The van der Waals surface area contributed by atoms with Crippen molar-refractivity contribution in [2.75, 3.05) is 18.1 Å². The summed E-state index contributed by atoms with van der Waals surface area (Å²) in [7, 11) is -3.85. The van der Waals surface area contributed by atoms with Crippen LogP contribution in [0.3, 0.4) is 0 Å². The summed E-state index contributed by atoms with van der Waals surface area (Å²) in [5, 5.41) is 22.9. The van der Waals surface area contributed by atoms with E-state index in [0.717, 1.165) is 18.4 Å². The van der Waals surface area contributed by atoms with Gasteiger partial charge in [-0.1, -0.05) is 17.7 Å². The first kappa shape index (κ1) is 24.3. The SMILES string of the molecule is Cc1ccc(S(=O)(=O)n2ccc3c2ncc2nc(C(C)O)n(N4CCC(C(C)(C)C#N)CC4)c23)cc1. The van der Waals surface area contributed by atoms with E-state index in [1.807, 2.05) is 25.4 Å². The fourth-order valence-electron chi connectivity index (χ4n) is 5.08. The van der Waals surface area contributed by atoms with Crippen molar-refractivity contribution in [3.05, 3.63) is 54.1 Å². The molecule has 9 nitrogen and oxygen atoms in total. The summed E-state index contributed by atoms with van der Waals surface area (Å²) in [6.07, 6.45) is 3.91. The first-order valence-electron chi connectivity index (χ1n) is 12.1. The number of aliphatic hydroxyl groups excluding tert-OH is 1. The Morgan fingerprint density at radius 2 is 1.83 bits per heavy atom. The molecule has 0 amide bonds. The number of benzene rings is 1. The largest absolute Gasteiger partial charge is 0.385 e. The summed E-state index contributed by atoms with van der Waals surface area (Å²) in [4.78, 5) is 9.31. The lowest BCUT2D eigenvalue weighted by atomic mass is 9.75. The van der Waals surface area contributed by atoms with Crippen molar-refractivity contribution >= 4 is 32.1 Å². The zero-order valence-electron chi connectivity index (χ0n) is 20.9. The van der Waals surface area contributed by atoms with Crippen molar-refractivity contribution in [2.24, 2.45) is 11.3 Å². The second-order valence-corrected chi connectivity index (χ2v) is 12.0. The Morgan fingerprint density at radius 3 is 2.44 bits per heavy atom. The number of piperidine rings is 1. The highest BCUT2D eigenvalue weighted by atomic mass is 32.2. The molecule has 0 radical (unpaired) electrons. The summed E-state index contributed by atoms with van der Waals surface area (Å²) < 4.78 is 30.0. The number of hydrogen-bond acceptors (Lipinski definition) is 7. The van der Waals surface area contributed by atoms with E-state index >= 15 is 0 Å². The molecule has 1 fully saturated rings. The number of hydrogen-bond donors (Lipinski definition) is 1. The molecule has 1 N–H and O–H groups in total. The normalized spacial score (nSPS) is 16.5. The lowest BCUT2D eigenvalue weighted by Gasteiger charge is -2.39. The zero-order valence-corrected chi connectivity index (χ0v) is 21.7. The van der Waals surface area contributed by atoms with Gasteiger partial charge in [0.2, 0.25) is 0 Å². The van der Waals surface area contributed by atoms with E-state index in [4.69, 9.17) is 0 Å². The Morgan fingerprint density at radius 1 is 1.17 bits per heavy atom. The minimum Gasteiger partial charge on any atom is -0.385 e. The highest BCUT2D eigenvalue weighted by Crippen LogP contribution is 2.36. The standard InChI is InChI=1S/C26H30N6O3S/c1-17-5-7-20(8-6-17)36(34,35)31-14-11-21-23-22(15-28-25(21)31)29-24(18(2)33)32(23)30-12-9-19(10-13-30)26(3,4)16-27/h5-8,11,14-15,18-19,33H,9-10,12-13H2,1-4H3. The molecule has 1 aromatic carbocycles. The number of aryl methyl sites for hydroxylation is 1. The van der Waals surface area contributed by atoms with Crippen molar-refractivity contribution < 1.29 is 13.5 Å². The minimum atomic E-state index is -3.85. The van der Waals surface area contributed by atoms with Crippen LogP contribution in [-0.2, 0) is 10.0 Å². The van der Waals surface area contributed by atoms with Gasteiger partial charge in [-0.25, -0.2) is 27.0 Å². The van der Waals surface area contributed by atoms with Crippen LogP contribution in [0.2, 0.25) is 0 Å². The van der Waals surface area contributed by atoms with Gasteiger partial charge in [0, 0.05) is 24.7 Å². The van der Waals surface area contributed by atoms with Crippen molar-refractivity contribution in [1.82, 2.24) is 18.6 Å². The van der Waals surface area contributed by atoms with Crippen LogP contribution in [0.15, 0.2) is 47.6 Å². The molecule has 1 saturated heterocycles. The van der Waals surface area contributed by atoms with Gasteiger partial charge in [-0.15, -0.1) is 0 Å². The van der Waals surface area contributed by atoms with Crippen molar-refractivity contribution in [2.45, 2.75) is 51.5 Å². The second-order valence-electron chi connectivity index (χ2n) is 10.2. The van der Waals surface area contributed by atoms with Gasteiger partial charge in [-0.2, -0.15) is 5.26 Å². The predicted molar refractivity (Wildman–Crippen MR) is 137 cm³/mol. The molecule has 3 aromatic heterocycles. The van der Waals surface area contributed by atoms with Crippen LogP contribution >= 0.6 is 0 Å². The van der Waals surface area contributed by atoms with Crippen LogP contribution < -0.4 is 5.01 Å². The van der Waals surface area contributed by atoms with E-state index < -0.39 is 21.5 Å². The lowest BCUT2D eigenvalue weighted by molar-refractivity contribution is 0.178. The number of fused-ring (bicyclic) bond motifs is 3. The third kappa shape index (κ3) is 3.83. The third-order valence-corrected chi connectivity index (χ3v) is 8.99. The maximum Gasteiger partial charge on any atom is 0.269 e. The molecule has 1 atom stereocenters. The van der Waals surface area contributed by atoms with Gasteiger partial charge in [0.05, 0.1) is 22.6 Å². The molecular formula is C26H30N6O3S. The first-order valence-corrected chi connectivity index (χ1v) is 13.5. The number of rotatable bonds is 5. The summed E-state index contributed by atoms with van der Waals surface area (Å²) in [6, 6.07) is 10.9. The van der Waals surface area contributed by atoms with Crippen LogP contribution in [0.4, 0.5) is 0 Å². The zero-order chi connectivity index (χ0) is 25.8. The maximum absolute atomic E-state index is 13.4. The van der Waals surface area contributed by atoms with Crippen LogP contribution in [0.5, 0.6) is 0 Å². The van der Waals surface area contributed by atoms with Crippen molar-refractivity contribution in [3.8, 4) is 6.07 Å². The summed E-state index contributed by atoms with van der Waals surface area (Å²) in [6.45, 7) is 8.91. The molecule has 0 saturated carbocycles. The highest BCUT2D eigenvalue weighted by molar-refractivity contribution is 7.90. The molecule has 188 valence electrons. The first-order chi connectivity index (χ1) is 17.0. The Bertz CT molecular complexity index is 1580. The van der Waals surface area contributed by atoms with E-state index in [0.29, 0.717) is 41.0 Å². The molecule has 5 rings (SSSR count). The van der Waals surface area contributed by atoms with E-state index in [9.17, 15) is 18.8 Å². The van der Waals surface area contributed by atoms with Crippen molar-refractivity contribution in [1.29, 1.82) is 5.26 Å². The Labute approximate surface area is 210 Å². The number of imidazole rings is 1. The molecule has 0 bridgehead atoms. The molecule has 10 heteroatoms. The number of aromatic nitrogens is 4. The van der Waals surface area contributed by atoms with Gasteiger partial charge < -0.3 is 10.1 Å². The molecule has 0 spiro atoms. The summed E-state index contributed by atoms with van der Waals surface area (Å²) >= 11 is 0. The second kappa shape index (κ2) is 8.61. The van der Waals surface area contributed by atoms with Crippen LogP contribution in [-0.4, -0.2) is 45.2 Å². The average Bonchev–Trinajstić information content (AvgIpc) is 3.46. The van der Waals surface area contributed by atoms with Gasteiger partial charge in [0.15, 0.2) is 11.5 Å². The van der Waals surface area contributed by atoms with Crippen LogP contribution in [0, 0.1) is 29.6 Å². The van der Waals surface area contributed by atoms with Gasteiger partial charge in [-0.3, -0.25) is 0 Å². The molecule has 4 aromatic rings. The number of nitrogens with zero attached hydrogens (tertiary/aromatic N) is 6. The average molecular weight is 507 g/mol. The van der Waals surface area contributed by atoms with Gasteiger partial charge >= 0.3 is 0 Å². The number of nitriles is 1. The monoisotopic (exact) mass is 506 g/mol. The predicted octanol–water partition coefficient (Wildman–Crippen LogP) is 3.88. The fraction of sp³-hybridized carbons (Fsp3) is 0.423. The van der Waals surface area contributed by atoms with E-state index in [-0.39, 0.29) is 10.8 Å². The highest BCUT2D eigenvalue weighted by Gasteiger charge is 2.34. The minimum absolute atomic E-state index is 0.188. The molecule has 36 heavy (non-hydrogen) atoms. The lowest BCUT2D eigenvalue weighted by Crippen LogP contribution is -2.45.